The zero-order chi connectivity index (χ0) is 23.2. The standard InChI is InChI=1S/C21H20Cl2F3N3O2/c1-12-7-13(3-5-17(12)20(31)28-11-19(30)29-27-2)4-6-18(21(24,25)26)14-8-15(22)10-16(23)9-14/h3-10,18,27H,11H2,1-2H3,(H,28,31)(H,29,30)/b6-4+. The molecule has 0 fully saturated rings. The Morgan fingerprint density at radius 2 is 1.74 bits per heavy atom. The SMILES string of the molecule is CNNC(=O)CNC(=O)c1ccc(/C=C/C(c2cc(Cl)cc(Cl)c2)C(F)(F)F)cc1C. The number of benzene rings is 2. The zero-order valence-electron chi connectivity index (χ0n) is 16.6. The molecule has 3 N–H and O–H groups in total. The summed E-state index contributed by atoms with van der Waals surface area (Å²) in [7, 11) is 1.51. The first kappa shape index (κ1) is 24.7. The Morgan fingerprint density at radius 3 is 2.29 bits per heavy atom. The molecule has 166 valence electrons. The van der Waals surface area contributed by atoms with Crippen LogP contribution in [-0.4, -0.2) is 31.6 Å². The first-order valence-corrected chi connectivity index (χ1v) is 9.82. The van der Waals surface area contributed by atoms with Crippen LogP contribution in [0, 0.1) is 6.92 Å². The number of amides is 2. The van der Waals surface area contributed by atoms with Crippen molar-refractivity contribution in [2.24, 2.45) is 0 Å². The number of allylic oxidation sites excluding steroid dienone is 1. The minimum atomic E-state index is -4.55. The Morgan fingerprint density at radius 1 is 1.10 bits per heavy atom. The van der Waals surface area contributed by atoms with Crippen molar-refractivity contribution in [1.29, 1.82) is 0 Å². The van der Waals surface area contributed by atoms with Crippen LogP contribution in [0.5, 0.6) is 0 Å². The van der Waals surface area contributed by atoms with E-state index in [4.69, 9.17) is 23.2 Å². The fraction of sp³-hybridized carbons (Fsp3) is 0.238. The van der Waals surface area contributed by atoms with Crippen LogP contribution in [0.4, 0.5) is 13.2 Å². The van der Waals surface area contributed by atoms with Gasteiger partial charge in [-0.2, -0.15) is 13.2 Å². The summed E-state index contributed by atoms with van der Waals surface area (Å²) < 4.78 is 40.8. The van der Waals surface area contributed by atoms with Crippen LogP contribution in [0.1, 0.15) is 33.0 Å². The van der Waals surface area contributed by atoms with Crippen molar-refractivity contribution in [3.63, 3.8) is 0 Å². The van der Waals surface area contributed by atoms with Crippen LogP contribution in [0.2, 0.25) is 10.0 Å². The molecule has 2 aromatic rings. The highest BCUT2D eigenvalue weighted by Crippen LogP contribution is 2.38. The summed E-state index contributed by atoms with van der Waals surface area (Å²) in [4.78, 5) is 23.6. The van der Waals surface area contributed by atoms with Gasteiger partial charge in [0.1, 0.15) is 0 Å². The number of nitrogens with one attached hydrogen (secondary N) is 3. The van der Waals surface area contributed by atoms with E-state index < -0.39 is 23.9 Å². The average Bonchev–Trinajstić information content (AvgIpc) is 2.65. The normalized spacial score (nSPS) is 12.6. The number of rotatable bonds is 7. The lowest BCUT2D eigenvalue weighted by atomic mass is 9.96. The number of aryl methyl sites for hydroxylation is 1. The maximum absolute atomic E-state index is 13.6. The summed E-state index contributed by atoms with van der Waals surface area (Å²) in [5, 5.41) is 2.69. The molecule has 0 saturated carbocycles. The van der Waals surface area contributed by atoms with Crippen molar-refractivity contribution in [3.8, 4) is 0 Å². The molecular weight excluding hydrogens is 454 g/mol. The average molecular weight is 474 g/mol. The van der Waals surface area contributed by atoms with Gasteiger partial charge < -0.3 is 5.32 Å². The van der Waals surface area contributed by atoms with Gasteiger partial charge in [-0.3, -0.25) is 15.0 Å². The number of hydrogen-bond donors (Lipinski definition) is 3. The van der Waals surface area contributed by atoms with E-state index >= 15 is 0 Å². The molecule has 2 rings (SSSR count). The molecule has 10 heteroatoms. The molecule has 5 nitrogen and oxygen atoms in total. The van der Waals surface area contributed by atoms with E-state index in [1.165, 1.54) is 43.5 Å². The van der Waals surface area contributed by atoms with Gasteiger partial charge in [-0.15, -0.1) is 0 Å². The molecule has 2 aromatic carbocycles. The Balaban J connectivity index is 2.21. The van der Waals surface area contributed by atoms with E-state index in [9.17, 15) is 22.8 Å². The van der Waals surface area contributed by atoms with E-state index in [1.807, 2.05) is 0 Å². The van der Waals surface area contributed by atoms with Crippen LogP contribution in [-0.2, 0) is 4.79 Å². The Labute approximate surface area is 187 Å². The first-order chi connectivity index (χ1) is 14.5. The van der Waals surface area contributed by atoms with Crippen LogP contribution in [0.25, 0.3) is 6.08 Å². The summed E-state index contributed by atoms with van der Waals surface area (Å²) in [6.07, 6.45) is -2.21. The van der Waals surface area contributed by atoms with E-state index in [-0.39, 0.29) is 22.2 Å². The molecule has 2 amide bonds. The molecular formula is C21H20Cl2F3N3O2. The van der Waals surface area contributed by atoms with Crippen molar-refractivity contribution in [2.45, 2.75) is 19.0 Å². The van der Waals surface area contributed by atoms with E-state index in [2.05, 4.69) is 16.2 Å². The molecule has 0 aliphatic rings. The summed E-state index contributed by atoms with van der Waals surface area (Å²) in [6.45, 7) is 1.42. The van der Waals surface area contributed by atoms with Gasteiger partial charge in [-0.1, -0.05) is 47.5 Å². The van der Waals surface area contributed by atoms with Gasteiger partial charge in [0, 0.05) is 22.7 Å². The van der Waals surface area contributed by atoms with E-state index in [0.717, 1.165) is 6.08 Å². The number of halogens is 5. The number of carbonyl (C=O) groups is 2. The lowest BCUT2D eigenvalue weighted by molar-refractivity contribution is -0.139. The van der Waals surface area contributed by atoms with E-state index in [1.54, 1.807) is 13.0 Å². The quantitative estimate of drug-likeness (QED) is 0.513. The molecule has 0 bridgehead atoms. The van der Waals surface area contributed by atoms with Gasteiger partial charge in [0.05, 0.1) is 12.5 Å². The lowest BCUT2D eigenvalue weighted by Crippen LogP contribution is -2.42. The second-order valence-electron chi connectivity index (χ2n) is 6.64. The van der Waals surface area contributed by atoms with Crippen molar-refractivity contribution in [3.05, 3.63) is 74.8 Å². The summed E-state index contributed by atoms with van der Waals surface area (Å²) >= 11 is 11.7. The number of carbonyl (C=O) groups excluding carboxylic acids is 2. The third kappa shape index (κ3) is 7.27. The Hall–Kier alpha value is -2.55. The monoisotopic (exact) mass is 473 g/mol. The minimum absolute atomic E-state index is 0.0752. The van der Waals surface area contributed by atoms with Gasteiger partial charge in [-0.25, -0.2) is 5.43 Å². The maximum Gasteiger partial charge on any atom is 0.399 e. The van der Waals surface area contributed by atoms with Gasteiger partial charge in [-0.05, 0) is 47.9 Å². The van der Waals surface area contributed by atoms with Crippen LogP contribution in [0.3, 0.4) is 0 Å². The van der Waals surface area contributed by atoms with Gasteiger partial charge in [0.2, 0.25) is 0 Å². The molecule has 0 aromatic heterocycles. The van der Waals surface area contributed by atoms with Crippen molar-refractivity contribution in [1.82, 2.24) is 16.2 Å². The molecule has 31 heavy (non-hydrogen) atoms. The smallest absolute Gasteiger partial charge is 0.343 e. The summed E-state index contributed by atoms with van der Waals surface area (Å²) in [5.74, 6) is -2.80. The molecule has 0 aliphatic heterocycles. The largest absolute Gasteiger partial charge is 0.399 e. The molecule has 1 unspecified atom stereocenters. The van der Waals surface area contributed by atoms with Crippen LogP contribution >= 0.6 is 23.2 Å². The maximum atomic E-state index is 13.6. The molecule has 0 radical (unpaired) electrons. The van der Waals surface area contributed by atoms with Gasteiger partial charge in [0.15, 0.2) is 0 Å². The molecule has 0 saturated heterocycles. The minimum Gasteiger partial charge on any atom is -0.343 e. The zero-order valence-corrected chi connectivity index (χ0v) is 18.1. The third-order valence-electron chi connectivity index (χ3n) is 4.25. The van der Waals surface area contributed by atoms with Crippen molar-refractivity contribution in [2.75, 3.05) is 13.6 Å². The highest BCUT2D eigenvalue weighted by Gasteiger charge is 2.39. The second kappa shape index (κ2) is 10.7. The lowest BCUT2D eigenvalue weighted by Gasteiger charge is -2.18. The van der Waals surface area contributed by atoms with Crippen molar-refractivity contribution >= 4 is 41.1 Å². The highest BCUT2D eigenvalue weighted by molar-refractivity contribution is 6.34. The fourth-order valence-corrected chi connectivity index (χ4v) is 3.40. The second-order valence-corrected chi connectivity index (χ2v) is 7.51. The van der Waals surface area contributed by atoms with Crippen LogP contribution < -0.4 is 16.2 Å². The fourth-order valence-electron chi connectivity index (χ4n) is 2.86. The highest BCUT2D eigenvalue weighted by atomic mass is 35.5. The predicted octanol–water partition coefficient (Wildman–Crippen LogP) is 4.64. The predicted molar refractivity (Wildman–Crippen MR) is 115 cm³/mol. The summed E-state index contributed by atoms with van der Waals surface area (Å²) in [6, 6.07) is 8.39. The number of alkyl halides is 3. The number of hydrogen-bond acceptors (Lipinski definition) is 3. The molecule has 0 spiro atoms. The molecule has 1 atom stereocenters. The Kier molecular flexibility index (Phi) is 8.50. The number of hydrazine groups is 1. The topological polar surface area (TPSA) is 70.2 Å². The Bertz CT molecular complexity index is 974. The first-order valence-electron chi connectivity index (χ1n) is 9.06. The van der Waals surface area contributed by atoms with E-state index in [0.29, 0.717) is 16.7 Å². The summed E-state index contributed by atoms with van der Waals surface area (Å²) in [5.41, 5.74) is 6.02. The van der Waals surface area contributed by atoms with Gasteiger partial charge >= 0.3 is 6.18 Å². The van der Waals surface area contributed by atoms with Gasteiger partial charge in [0.25, 0.3) is 11.8 Å². The molecule has 0 aliphatic carbocycles. The molecule has 0 heterocycles. The van der Waals surface area contributed by atoms with Crippen molar-refractivity contribution < 1.29 is 22.8 Å². The third-order valence-corrected chi connectivity index (χ3v) is 4.68. The van der Waals surface area contributed by atoms with Crippen LogP contribution in [0.15, 0.2) is 42.5 Å².